The molecule has 1 saturated heterocycles. The van der Waals surface area contributed by atoms with Crippen molar-refractivity contribution < 1.29 is 18.8 Å². The number of amides is 3. The summed E-state index contributed by atoms with van der Waals surface area (Å²) in [6.45, 7) is 3.59. The molecule has 142 valence electrons. The summed E-state index contributed by atoms with van der Waals surface area (Å²) in [5, 5.41) is 5.72. The number of nitrogens with zero attached hydrogens (tertiary/aromatic N) is 2. The second-order valence-electron chi connectivity index (χ2n) is 6.84. The van der Waals surface area contributed by atoms with Gasteiger partial charge in [-0.15, -0.1) is 0 Å². The summed E-state index contributed by atoms with van der Waals surface area (Å²) in [5.41, 5.74) is 0. The molecule has 1 aliphatic heterocycles. The van der Waals surface area contributed by atoms with E-state index < -0.39 is 0 Å². The fraction of sp³-hybridized carbons (Fsp3) is 0.611. The summed E-state index contributed by atoms with van der Waals surface area (Å²) in [4.78, 5) is 39.7. The Morgan fingerprint density at radius 3 is 2.58 bits per heavy atom. The second-order valence-corrected chi connectivity index (χ2v) is 6.84. The maximum absolute atomic E-state index is 12.3. The zero-order valence-electron chi connectivity index (χ0n) is 14.9. The van der Waals surface area contributed by atoms with E-state index in [1.165, 1.54) is 6.26 Å². The predicted octanol–water partition coefficient (Wildman–Crippen LogP) is 0.212. The summed E-state index contributed by atoms with van der Waals surface area (Å²) in [6, 6.07) is 3.65. The van der Waals surface area contributed by atoms with Gasteiger partial charge >= 0.3 is 0 Å². The van der Waals surface area contributed by atoms with E-state index in [4.69, 9.17) is 4.42 Å². The molecule has 0 unspecified atom stereocenters. The zero-order valence-corrected chi connectivity index (χ0v) is 14.9. The first-order valence-electron chi connectivity index (χ1n) is 9.23. The van der Waals surface area contributed by atoms with Gasteiger partial charge in [0.15, 0.2) is 5.76 Å². The first kappa shape index (κ1) is 18.4. The number of carbonyl (C=O) groups is 3. The van der Waals surface area contributed by atoms with Crippen LogP contribution in [0.15, 0.2) is 22.8 Å². The Balaban J connectivity index is 1.27. The normalized spacial score (nSPS) is 17.8. The van der Waals surface area contributed by atoms with Gasteiger partial charge < -0.3 is 20.0 Å². The third kappa shape index (κ3) is 5.59. The van der Waals surface area contributed by atoms with Gasteiger partial charge in [-0.05, 0) is 31.4 Å². The minimum atomic E-state index is -0.263. The molecule has 1 aliphatic carbocycles. The van der Waals surface area contributed by atoms with E-state index in [1.54, 1.807) is 12.1 Å². The molecule has 0 atom stereocenters. The molecule has 1 aromatic heterocycles. The maximum atomic E-state index is 12.3. The van der Waals surface area contributed by atoms with Crippen LogP contribution in [-0.4, -0.2) is 72.8 Å². The highest BCUT2D eigenvalue weighted by Crippen LogP contribution is 2.18. The summed E-state index contributed by atoms with van der Waals surface area (Å²) >= 11 is 0. The maximum Gasteiger partial charge on any atom is 0.286 e. The third-order valence-corrected chi connectivity index (χ3v) is 4.63. The number of piperazine rings is 1. The molecule has 0 spiro atoms. The monoisotopic (exact) mass is 362 g/mol. The lowest BCUT2D eigenvalue weighted by Gasteiger charge is -2.34. The number of nitrogens with one attached hydrogen (secondary N) is 2. The van der Waals surface area contributed by atoms with Gasteiger partial charge in [0.1, 0.15) is 0 Å². The molecule has 2 N–H and O–H groups in total. The minimum absolute atomic E-state index is 0.0829. The van der Waals surface area contributed by atoms with Crippen molar-refractivity contribution in [3.8, 4) is 0 Å². The number of rotatable bonds is 8. The van der Waals surface area contributed by atoms with Crippen molar-refractivity contribution in [2.24, 2.45) is 0 Å². The van der Waals surface area contributed by atoms with E-state index in [9.17, 15) is 14.4 Å². The molecule has 2 fully saturated rings. The number of hydrogen-bond acceptors (Lipinski definition) is 5. The minimum Gasteiger partial charge on any atom is -0.459 e. The third-order valence-electron chi connectivity index (χ3n) is 4.63. The zero-order chi connectivity index (χ0) is 18.4. The van der Waals surface area contributed by atoms with Crippen molar-refractivity contribution in [3.63, 3.8) is 0 Å². The lowest BCUT2D eigenvalue weighted by Crippen LogP contribution is -2.51. The van der Waals surface area contributed by atoms with Gasteiger partial charge in [-0.2, -0.15) is 0 Å². The van der Waals surface area contributed by atoms with Crippen LogP contribution in [0.4, 0.5) is 0 Å². The largest absolute Gasteiger partial charge is 0.459 e. The highest BCUT2D eigenvalue weighted by molar-refractivity contribution is 5.91. The molecular weight excluding hydrogens is 336 g/mol. The van der Waals surface area contributed by atoms with E-state index in [0.717, 1.165) is 25.9 Å². The molecule has 8 heteroatoms. The first-order chi connectivity index (χ1) is 12.6. The Hall–Kier alpha value is -2.35. The Morgan fingerprint density at radius 1 is 1.15 bits per heavy atom. The van der Waals surface area contributed by atoms with Crippen LogP contribution in [-0.2, 0) is 9.59 Å². The quantitative estimate of drug-likeness (QED) is 0.645. The predicted molar refractivity (Wildman–Crippen MR) is 94.5 cm³/mol. The van der Waals surface area contributed by atoms with E-state index in [0.29, 0.717) is 45.1 Å². The summed E-state index contributed by atoms with van der Waals surface area (Å²) in [7, 11) is 0. The molecule has 1 saturated carbocycles. The fourth-order valence-corrected chi connectivity index (χ4v) is 2.95. The van der Waals surface area contributed by atoms with Gasteiger partial charge in [0.25, 0.3) is 5.91 Å². The molecule has 1 aromatic rings. The summed E-state index contributed by atoms with van der Waals surface area (Å²) in [6.07, 6.45) is 4.63. The smallest absolute Gasteiger partial charge is 0.286 e. The van der Waals surface area contributed by atoms with Crippen molar-refractivity contribution in [1.29, 1.82) is 0 Å². The van der Waals surface area contributed by atoms with Crippen LogP contribution >= 0.6 is 0 Å². The van der Waals surface area contributed by atoms with Crippen LogP contribution in [0.3, 0.4) is 0 Å². The van der Waals surface area contributed by atoms with Gasteiger partial charge in [0.2, 0.25) is 11.8 Å². The molecule has 2 aliphatic rings. The van der Waals surface area contributed by atoms with Crippen LogP contribution in [0.5, 0.6) is 0 Å². The lowest BCUT2D eigenvalue weighted by molar-refractivity contribution is -0.133. The topological polar surface area (TPSA) is 94.9 Å². The van der Waals surface area contributed by atoms with E-state index >= 15 is 0 Å². The molecule has 2 heterocycles. The molecule has 3 amide bonds. The molecule has 0 bridgehead atoms. The second kappa shape index (κ2) is 8.84. The van der Waals surface area contributed by atoms with E-state index in [2.05, 4.69) is 15.5 Å². The lowest BCUT2D eigenvalue weighted by atomic mass is 10.2. The van der Waals surface area contributed by atoms with Gasteiger partial charge in [0.05, 0.1) is 12.8 Å². The van der Waals surface area contributed by atoms with Crippen molar-refractivity contribution in [1.82, 2.24) is 20.4 Å². The number of hydrogen-bond donors (Lipinski definition) is 2. The van der Waals surface area contributed by atoms with Gasteiger partial charge in [-0.1, -0.05) is 0 Å². The van der Waals surface area contributed by atoms with Crippen LogP contribution in [0.2, 0.25) is 0 Å². The highest BCUT2D eigenvalue weighted by atomic mass is 16.3. The molecule has 0 aromatic carbocycles. The van der Waals surface area contributed by atoms with Gasteiger partial charge in [0, 0.05) is 45.2 Å². The summed E-state index contributed by atoms with van der Waals surface area (Å²) in [5.74, 6) is 0.192. The highest BCUT2D eigenvalue weighted by Gasteiger charge is 2.26. The average molecular weight is 362 g/mol. The van der Waals surface area contributed by atoms with Gasteiger partial charge in [-0.25, -0.2) is 0 Å². The van der Waals surface area contributed by atoms with E-state index in [-0.39, 0.29) is 23.5 Å². The Kier molecular flexibility index (Phi) is 6.27. The Bertz CT molecular complexity index is 619. The number of carbonyl (C=O) groups excluding carboxylic acids is 3. The Morgan fingerprint density at radius 2 is 1.92 bits per heavy atom. The van der Waals surface area contributed by atoms with Crippen LogP contribution < -0.4 is 10.6 Å². The van der Waals surface area contributed by atoms with Crippen LogP contribution in [0, 0.1) is 0 Å². The molecular formula is C18H26N4O4. The van der Waals surface area contributed by atoms with Crippen LogP contribution in [0.1, 0.15) is 36.2 Å². The van der Waals surface area contributed by atoms with Crippen molar-refractivity contribution in [2.75, 3.05) is 39.3 Å². The van der Waals surface area contributed by atoms with Crippen molar-refractivity contribution >= 4 is 17.7 Å². The molecule has 3 rings (SSSR count). The SMILES string of the molecule is O=C(CN1CCN(C(=O)CCCNC(=O)c2ccco2)CC1)NC1CC1. The molecule has 0 radical (unpaired) electrons. The van der Waals surface area contributed by atoms with E-state index in [1.807, 2.05) is 4.90 Å². The Labute approximate surface area is 152 Å². The van der Waals surface area contributed by atoms with Crippen molar-refractivity contribution in [3.05, 3.63) is 24.2 Å². The summed E-state index contributed by atoms with van der Waals surface area (Å²) < 4.78 is 5.01. The van der Waals surface area contributed by atoms with Crippen LogP contribution in [0.25, 0.3) is 0 Å². The number of furan rings is 1. The average Bonchev–Trinajstić information content (AvgIpc) is 3.26. The standard InChI is InChI=1S/C18H26N4O4/c23-16(20-14-5-6-14)13-21-8-10-22(11-9-21)17(24)4-1-7-19-18(25)15-3-2-12-26-15/h2-3,12,14H,1,4-11,13H2,(H,19,25)(H,20,23). The fourth-order valence-electron chi connectivity index (χ4n) is 2.95. The van der Waals surface area contributed by atoms with Gasteiger partial charge in [-0.3, -0.25) is 19.3 Å². The molecule has 26 heavy (non-hydrogen) atoms. The molecule has 8 nitrogen and oxygen atoms in total. The van der Waals surface area contributed by atoms with Crippen molar-refractivity contribution in [2.45, 2.75) is 31.7 Å². The first-order valence-corrected chi connectivity index (χ1v) is 9.23.